The fraction of sp³-hybridized carbons (Fsp3) is 0.727. The number of aliphatic hydroxyl groups excluding tert-OH is 1. The van der Waals surface area contributed by atoms with Crippen molar-refractivity contribution in [2.24, 2.45) is 5.73 Å². The van der Waals surface area contributed by atoms with Gasteiger partial charge in [0.15, 0.2) is 0 Å². The van der Waals surface area contributed by atoms with Gasteiger partial charge in [0.25, 0.3) is 0 Å². The number of rotatable bonds is 5. The molecule has 0 aliphatic rings. The Kier molecular flexibility index (Phi) is 3.88. The van der Waals surface area contributed by atoms with Crippen molar-refractivity contribution < 1.29 is 5.11 Å². The Morgan fingerprint density at radius 3 is 2.60 bits per heavy atom. The number of imidazole rings is 1. The summed E-state index contributed by atoms with van der Waals surface area (Å²) in [5.74, 6) is 0. The van der Waals surface area contributed by atoms with Crippen LogP contribution in [0.1, 0.15) is 45.3 Å². The Morgan fingerprint density at radius 1 is 1.53 bits per heavy atom. The molecule has 1 aromatic rings. The monoisotopic (exact) mass is 211 g/mol. The third kappa shape index (κ3) is 2.21. The zero-order valence-corrected chi connectivity index (χ0v) is 9.77. The molecule has 15 heavy (non-hydrogen) atoms. The highest BCUT2D eigenvalue weighted by Gasteiger charge is 2.25. The molecule has 1 aromatic heterocycles. The van der Waals surface area contributed by atoms with Gasteiger partial charge in [0, 0.05) is 11.7 Å². The second-order valence-electron chi connectivity index (χ2n) is 4.18. The van der Waals surface area contributed by atoms with Crippen LogP contribution in [0.3, 0.4) is 0 Å². The smallest absolute Gasteiger partial charge is 0.0953 e. The van der Waals surface area contributed by atoms with E-state index >= 15 is 0 Å². The Labute approximate surface area is 91.1 Å². The Morgan fingerprint density at radius 2 is 2.13 bits per heavy atom. The minimum absolute atomic E-state index is 0.0403. The lowest BCUT2D eigenvalue weighted by atomic mass is 9.94. The molecule has 86 valence electrons. The van der Waals surface area contributed by atoms with E-state index in [-0.39, 0.29) is 18.2 Å². The van der Waals surface area contributed by atoms with E-state index in [1.165, 1.54) is 0 Å². The third-order valence-electron chi connectivity index (χ3n) is 3.35. The first-order chi connectivity index (χ1) is 7.09. The maximum Gasteiger partial charge on any atom is 0.0953 e. The number of hydrogen-bond acceptors (Lipinski definition) is 3. The Bertz CT molecular complexity index is 305. The van der Waals surface area contributed by atoms with Gasteiger partial charge in [0.2, 0.25) is 0 Å². The molecule has 4 nitrogen and oxygen atoms in total. The van der Waals surface area contributed by atoms with Gasteiger partial charge in [0.1, 0.15) is 0 Å². The third-order valence-corrected chi connectivity index (χ3v) is 3.35. The largest absolute Gasteiger partial charge is 0.394 e. The second-order valence-corrected chi connectivity index (χ2v) is 4.18. The molecule has 1 rings (SSSR count). The molecule has 0 aliphatic carbocycles. The highest BCUT2D eigenvalue weighted by molar-refractivity contribution is 5.08. The number of nitrogens with zero attached hydrogens (tertiary/aromatic N) is 2. The predicted molar refractivity (Wildman–Crippen MR) is 60.5 cm³/mol. The highest BCUT2D eigenvalue weighted by atomic mass is 16.3. The first-order valence-electron chi connectivity index (χ1n) is 5.48. The minimum Gasteiger partial charge on any atom is -0.394 e. The van der Waals surface area contributed by atoms with Crippen molar-refractivity contribution in [2.75, 3.05) is 6.61 Å². The molecular weight excluding hydrogens is 190 g/mol. The molecule has 1 heterocycles. The summed E-state index contributed by atoms with van der Waals surface area (Å²) >= 11 is 0. The van der Waals surface area contributed by atoms with Crippen LogP contribution in [0, 0.1) is 0 Å². The zero-order chi connectivity index (χ0) is 11.5. The summed E-state index contributed by atoms with van der Waals surface area (Å²) in [4.78, 5) is 4.13. The lowest BCUT2D eigenvalue weighted by Crippen LogP contribution is -2.32. The van der Waals surface area contributed by atoms with Crippen molar-refractivity contribution in [2.45, 2.75) is 45.2 Å². The van der Waals surface area contributed by atoms with E-state index in [1.54, 1.807) is 12.5 Å². The highest BCUT2D eigenvalue weighted by Crippen LogP contribution is 2.27. The molecule has 0 aliphatic heterocycles. The van der Waals surface area contributed by atoms with Gasteiger partial charge in [-0.3, -0.25) is 0 Å². The van der Waals surface area contributed by atoms with Crippen LogP contribution >= 0.6 is 0 Å². The van der Waals surface area contributed by atoms with Crippen molar-refractivity contribution in [3.05, 3.63) is 18.2 Å². The van der Waals surface area contributed by atoms with Crippen molar-refractivity contribution in [1.29, 1.82) is 0 Å². The summed E-state index contributed by atoms with van der Waals surface area (Å²) in [5.41, 5.74) is 6.78. The van der Waals surface area contributed by atoms with Crippen LogP contribution < -0.4 is 5.73 Å². The van der Waals surface area contributed by atoms with Crippen LogP contribution in [-0.2, 0) is 5.54 Å². The quantitative estimate of drug-likeness (QED) is 0.774. The average Bonchev–Trinajstić information content (AvgIpc) is 2.76. The standard InChI is InChI=1S/C11H21N3O/c1-4-11(3,5-2)14-8-13-6-10(14)9(12)7-15/h6,8-9,15H,4-5,7,12H2,1-3H3. The van der Waals surface area contributed by atoms with Gasteiger partial charge in [-0.2, -0.15) is 0 Å². The first kappa shape index (κ1) is 12.2. The predicted octanol–water partition coefficient (Wildman–Crippen LogP) is 1.41. The van der Waals surface area contributed by atoms with Crippen LogP contribution in [0.25, 0.3) is 0 Å². The van der Waals surface area contributed by atoms with Crippen molar-refractivity contribution in [3.8, 4) is 0 Å². The minimum atomic E-state index is -0.343. The van der Waals surface area contributed by atoms with Crippen LogP contribution in [0.5, 0.6) is 0 Å². The number of aromatic nitrogens is 2. The fourth-order valence-corrected chi connectivity index (χ4v) is 1.71. The van der Waals surface area contributed by atoms with Crippen molar-refractivity contribution >= 4 is 0 Å². The van der Waals surface area contributed by atoms with Crippen molar-refractivity contribution in [1.82, 2.24) is 9.55 Å². The molecule has 1 unspecified atom stereocenters. The van der Waals surface area contributed by atoms with E-state index in [9.17, 15) is 0 Å². The van der Waals surface area contributed by atoms with Gasteiger partial charge in [0.05, 0.1) is 24.7 Å². The average molecular weight is 211 g/mol. The summed E-state index contributed by atoms with van der Waals surface area (Å²) in [7, 11) is 0. The molecule has 0 fully saturated rings. The molecule has 4 heteroatoms. The van der Waals surface area contributed by atoms with E-state index in [0.29, 0.717) is 0 Å². The summed E-state index contributed by atoms with van der Waals surface area (Å²) < 4.78 is 2.09. The molecule has 3 N–H and O–H groups in total. The topological polar surface area (TPSA) is 64.1 Å². The number of nitrogens with two attached hydrogens (primary N) is 1. The second kappa shape index (κ2) is 4.77. The summed E-state index contributed by atoms with van der Waals surface area (Å²) in [5, 5.41) is 9.08. The molecule has 0 amide bonds. The Hall–Kier alpha value is -0.870. The van der Waals surface area contributed by atoms with Crippen molar-refractivity contribution in [3.63, 3.8) is 0 Å². The van der Waals surface area contributed by atoms with E-state index in [1.807, 2.05) is 0 Å². The molecule has 1 atom stereocenters. The molecule has 0 saturated heterocycles. The molecular formula is C11H21N3O. The van der Waals surface area contributed by atoms with Crippen LogP contribution in [0.15, 0.2) is 12.5 Å². The lowest BCUT2D eigenvalue weighted by Gasteiger charge is -2.31. The van der Waals surface area contributed by atoms with E-state index in [0.717, 1.165) is 18.5 Å². The SMILES string of the molecule is CCC(C)(CC)n1cncc1C(N)CO. The van der Waals surface area contributed by atoms with E-state index in [4.69, 9.17) is 10.8 Å². The van der Waals surface area contributed by atoms with Crippen LogP contribution in [0.2, 0.25) is 0 Å². The molecule has 0 spiro atoms. The maximum absolute atomic E-state index is 9.08. The van der Waals surface area contributed by atoms with Gasteiger partial charge in [-0.05, 0) is 19.8 Å². The summed E-state index contributed by atoms with van der Waals surface area (Å²) in [6, 6.07) is -0.343. The van der Waals surface area contributed by atoms with Crippen LogP contribution in [0.4, 0.5) is 0 Å². The van der Waals surface area contributed by atoms with Crippen LogP contribution in [-0.4, -0.2) is 21.3 Å². The maximum atomic E-state index is 9.08. The van der Waals surface area contributed by atoms with E-state index < -0.39 is 0 Å². The summed E-state index contributed by atoms with van der Waals surface area (Å²) in [6.45, 7) is 6.44. The summed E-state index contributed by atoms with van der Waals surface area (Å²) in [6.07, 6.45) is 5.58. The number of hydrogen-bond donors (Lipinski definition) is 2. The number of aliphatic hydroxyl groups is 1. The lowest BCUT2D eigenvalue weighted by molar-refractivity contribution is 0.241. The van der Waals surface area contributed by atoms with E-state index in [2.05, 4.69) is 30.3 Å². The van der Waals surface area contributed by atoms with Gasteiger partial charge in [-0.15, -0.1) is 0 Å². The normalized spacial score (nSPS) is 14.2. The molecule has 0 saturated carbocycles. The van der Waals surface area contributed by atoms with Gasteiger partial charge in [-0.25, -0.2) is 4.98 Å². The zero-order valence-electron chi connectivity index (χ0n) is 9.77. The van der Waals surface area contributed by atoms with Gasteiger partial charge < -0.3 is 15.4 Å². The van der Waals surface area contributed by atoms with Gasteiger partial charge in [-0.1, -0.05) is 13.8 Å². The molecule has 0 radical (unpaired) electrons. The first-order valence-corrected chi connectivity index (χ1v) is 5.48. The molecule has 0 aromatic carbocycles. The Balaban J connectivity index is 3.08. The molecule has 0 bridgehead atoms. The fourth-order valence-electron chi connectivity index (χ4n) is 1.71. The van der Waals surface area contributed by atoms with Gasteiger partial charge >= 0.3 is 0 Å².